The Morgan fingerprint density at radius 3 is 2.69 bits per heavy atom. The molecule has 0 N–H and O–H groups in total. The lowest BCUT2D eigenvalue weighted by Gasteiger charge is -2.38. The molecular formula is C25H26FN3O2S. The van der Waals surface area contributed by atoms with Gasteiger partial charge in [0.05, 0.1) is 16.6 Å². The summed E-state index contributed by atoms with van der Waals surface area (Å²) in [5.74, 6) is -0.360. The molecule has 1 fully saturated rings. The van der Waals surface area contributed by atoms with Gasteiger partial charge in [-0.1, -0.05) is 24.3 Å². The molecule has 5 rings (SSSR count). The quantitative estimate of drug-likeness (QED) is 0.563. The monoisotopic (exact) mass is 451 g/mol. The zero-order valence-electron chi connectivity index (χ0n) is 17.8. The number of anilines is 1. The van der Waals surface area contributed by atoms with Crippen LogP contribution in [0.1, 0.15) is 29.9 Å². The van der Waals surface area contributed by atoms with Crippen molar-refractivity contribution in [3.8, 4) is 0 Å². The number of pyridine rings is 1. The van der Waals surface area contributed by atoms with E-state index in [-0.39, 0.29) is 22.7 Å². The van der Waals surface area contributed by atoms with Gasteiger partial charge in [0, 0.05) is 31.4 Å². The van der Waals surface area contributed by atoms with Crippen molar-refractivity contribution in [3.63, 3.8) is 0 Å². The summed E-state index contributed by atoms with van der Waals surface area (Å²) < 4.78 is 42.8. The highest BCUT2D eigenvalue weighted by atomic mass is 32.2. The van der Waals surface area contributed by atoms with Crippen LogP contribution < -0.4 is 4.31 Å². The lowest BCUT2D eigenvalue weighted by atomic mass is 9.89. The smallest absolute Gasteiger partial charge is 0.264 e. The molecule has 2 aliphatic rings. The van der Waals surface area contributed by atoms with E-state index in [1.807, 2.05) is 12.3 Å². The summed E-state index contributed by atoms with van der Waals surface area (Å²) in [6, 6.07) is 16.9. The van der Waals surface area contributed by atoms with E-state index in [2.05, 4.69) is 16.0 Å². The molecule has 0 bridgehead atoms. The number of sulfonamides is 1. The second-order valence-corrected chi connectivity index (χ2v) is 10.4. The molecule has 1 aromatic heterocycles. The van der Waals surface area contributed by atoms with Crippen LogP contribution in [-0.4, -0.2) is 44.0 Å². The van der Waals surface area contributed by atoms with E-state index < -0.39 is 10.0 Å². The van der Waals surface area contributed by atoms with E-state index in [9.17, 15) is 12.8 Å². The molecule has 0 amide bonds. The van der Waals surface area contributed by atoms with Gasteiger partial charge in [0.15, 0.2) is 0 Å². The second-order valence-electron chi connectivity index (χ2n) is 8.55. The number of benzene rings is 2. The van der Waals surface area contributed by atoms with E-state index in [4.69, 9.17) is 0 Å². The lowest BCUT2D eigenvalue weighted by Crippen LogP contribution is -2.48. The Morgan fingerprint density at radius 2 is 1.91 bits per heavy atom. The molecule has 2 aliphatic heterocycles. The molecule has 3 heterocycles. The Morgan fingerprint density at radius 1 is 1.06 bits per heavy atom. The highest BCUT2D eigenvalue weighted by Gasteiger charge is 2.47. The van der Waals surface area contributed by atoms with Crippen LogP contribution in [0.4, 0.5) is 10.1 Å². The Bertz CT molecular complexity index is 1190. The van der Waals surface area contributed by atoms with Gasteiger partial charge < -0.3 is 4.90 Å². The molecule has 0 radical (unpaired) electrons. The van der Waals surface area contributed by atoms with Crippen molar-refractivity contribution in [2.24, 2.45) is 0 Å². The summed E-state index contributed by atoms with van der Waals surface area (Å²) in [6.45, 7) is 2.48. The summed E-state index contributed by atoms with van der Waals surface area (Å²) >= 11 is 0. The zero-order valence-corrected chi connectivity index (χ0v) is 18.6. The molecule has 0 aliphatic carbocycles. The van der Waals surface area contributed by atoms with Gasteiger partial charge >= 0.3 is 0 Å². The summed E-state index contributed by atoms with van der Waals surface area (Å²) in [4.78, 5) is 6.82. The van der Waals surface area contributed by atoms with E-state index in [0.29, 0.717) is 5.69 Å². The van der Waals surface area contributed by atoms with Gasteiger partial charge in [0.2, 0.25) is 0 Å². The molecule has 1 saturated heterocycles. The highest BCUT2D eigenvalue weighted by molar-refractivity contribution is 7.92. The fourth-order valence-corrected chi connectivity index (χ4v) is 6.83. The third kappa shape index (κ3) is 3.91. The van der Waals surface area contributed by atoms with Crippen LogP contribution in [0, 0.1) is 5.82 Å². The molecule has 32 heavy (non-hydrogen) atoms. The normalized spacial score (nSPS) is 20.7. The summed E-state index contributed by atoms with van der Waals surface area (Å²) in [5.41, 5.74) is 2.63. The maximum Gasteiger partial charge on any atom is 0.264 e. The van der Waals surface area contributed by atoms with Crippen LogP contribution in [-0.2, 0) is 16.4 Å². The molecule has 166 valence electrons. The van der Waals surface area contributed by atoms with E-state index >= 15 is 0 Å². The molecular weight excluding hydrogens is 425 g/mol. The van der Waals surface area contributed by atoms with Gasteiger partial charge in [-0.15, -0.1) is 0 Å². The molecule has 7 heteroatoms. The van der Waals surface area contributed by atoms with Crippen molar-refractivity contribution in [2.75, 3.05) is 23.9 Å². The zero-order chi connectivity index (χ0) is 22.1. The molecule has 0 spiro atoms. The Balaban J connectivity index is 1.38. The Kier molecular flexibility index (Phi) is 5.69. The number of piperidine rings is 1. The van der Waals surface area contributed by atoms with Gasteiger partial charge in [-0.2, -0.15) is 0 Å². The van der Waals surface area contributed by atoms with E-state index in [1.54, 1.807) is 46.9 Å². The predicted molar refractivity (Wildman–Crippen MR) is 123 cm³/mol. The predicted octanol–water partition coefficient (Wildman–Crippen LogP) is 4.22. The summed E-state index contributed by atoms with van der Waals surface area (Å²) in [6.07, 6.45) is 6.36. The first kappa shape index (κ1) is 21.1. The fourth-order valence-electron chi connectivity index (χ4n) is 5.06. The van der Waals surface area contributed by atoms with Crippen LogP contribution in [0.3, 0.4) is 0 Å². The topological polar surface area (TPSA) is 53.5 Å². The minimum Gasteiger partial charge on any atom is -0.303 e. The van der Waals surface area contributed by atoms with Gasteiger partial charge in [-0.3, -0.25) is 9.29 Å². The molecule has 5 nitrogen and oxygen atoms in total. The van der Waals surface area contributed by atoms with Gasteiger partial charge in [-0.25, -0.2) is 12.8 Å². The van der Waals surface area contributed by atoms with Gasteiger partial charge in [-0.05, 0) is 73.3 Å². The number of hydrogen-bond donors (Lipinski definition) is 0. The number of aromatic nitrogens is 1. The standard InChI is InChI=1S/C25H26FN3O2S/c26-20-10-11-24-22(16-20)23-18-28(14-5-7-19-6-4-13-27-17-19)15-12-25(23)29(24)32(30,31)21-8-2-1-3-9-21/h1-4,6,8-11,13,16-17,23,25H,5,7,12,14-15,18H2. The fraction of sp³-hybridized carbons (Fsp3) is 0.320. The van der Waals surface area contributed by atoms with Gasteiger partial charge in [0.1, 0.15) is 5.82 Å². The first-order valence-corrected chi connectivity index (χ1v) is 12.5. The minimum absolute atomic E-state index is 0.0358. The van der Waals surface area contributed by atoms with Gasteiger partial charge in [0.25, 0.3) is 10.0 Å². The largest absolute Gasteiger partial charge is 0.303 e. The molecule has 2 aromatic carbocycles. The van der Waals surface area contributed by atoms with Crippen molar-refractivity contribution in [3.05, 3.63) is 90.0 Å². The average molecular weight is 452 g/mol. The maximum atomic E-state index is 14.2. The number of aryl methyl sites for hydroxylation is 1. The van der Waals surface area contributed by atoms with Crippen LogP contribution in [0.15, 0.2) is 78.0 Å². The van der Waals surface area contributed by atoms with Crippen LogP contribution in [0.2, 0.25) is 0 Å². The molecule has 0 saturated carbocycles. The van der Waals surface area contributed by atoms with E-state index in [1.165, 1.54) is 17.7 Å². The number of nitrogens with zero attached hydrogens (tertiary/aromatic N) is 3. The maximum absolute atomic E-state index is 14.2. The number of hydrogen-bond acceptors (Lipinski definition) is 4. The third-order valence-electron chi connectivity index (χ3n) is 6.55. The molecule has 2 atom stereocenters. The van der Waals surface area contributed by atoms with Crippen molar-refractivity contribution in [2.45, 2.75) is 36.1 Å². The third-order valence-corrected chi connectivity index (χ3v) is 8.40. The van der Waals surface area contributed by atoms with Crippen molar-refractivity contribution in [1.29, 1.82) is 0 Å². The molecule has 3 aromatic rings. The second kappa shape index (κ2) is 8.64. The Labute approximate surface area is 188 Å². The number of fused-ring (bicyclic) bond motifs is 3. The highest BCUT2D eigenvalue weighted by Crippen LogP contribution is 2.47. The van der Waals surface area contributed by atoms with Crippen LogP contribution in [0.5, 0.6) is 0 Å². The first-order chi connectivity index (χ1) is 15.5. The SMILES string of the molecule is O=S(=O)(c1ccccc1)N1c2ccc(F)cc2C2CN(CCCc3cccnc3)CCC21. The number of likely N-dealkylation sites (tertiary alicyclic amines) is 1. The Hall–Kier alpha value is -2.77. The molecule has 2 unspecified atom stereocenters. The number of rotatable bonds is 6. The number of halogens is 1. The van der Waals surface area contributed by atoms with Crippen molar-refractivity contribution < 1.29 is 12.8 Å². The van der Waals surface area contributed by atoms with Crippen molar-refractivity contribution in [1.82, 2.24) is 9.88 Å². The van der Waals surface area contributed by atoms with Crippen molar-refractivity contribution >= 4 is 15.7 Å². The lowest BCUT2D eigenvalue weighted by molar-refractivity contribution is 0.196. The summed E-state index contributed by atoms with van der Waals surface area (Å²) in [5, 5.41) is 0. The minimum atomic E-state index is -3.72. The summed E-state index contributed by atoms with van der Waals surface area (Å²) in [7, 11) is -3.72. The van der Waals surface area contributed by atoms with E-state index in [0.717, 1.165) is 44.5 Å². The van der Waals surface area contributed by atoms with Crippen LogP contribution in [0.25, 0.3) is 0 Å². The van der Waals surface area contributed by atoms with Crippen LogP contribution >= 0.6 is 0 Å². The average Bonchev–Trinajstić information content (AvgIpc) is 3.14. The first-order valence-electron chi connectivity index (χ1n) is 11.0.